The highest BCUT2D eigenvalue weighted by Gasteiger charge is 1.97. The SMILES string of the molecule is ClC1NC=CNN1. The summed E-state index contributed by atoms with van der Waals surface area (Å²) in [6.45, 7) is 0. The predicted octanol–water partition coefficient (Wildman–Crippen LogP) is -0.323. The van der Waals surface area contributed by atoms with Crippen LogP contribution in [0.3, 0.4) is 0 Å². The van der Waals surface area contributed by atoms with Crippen LogP contribution in [-0.4, -0.2) is 5.62 Å². The van der Waals surface area contributed by atoms with Crippen LogP contribution in [0.4, 0.5) is 0 Å². The fourth-order valence-corrected chi connectivity index (χ4v) is 0.473. The van der Waals surface area contributed by atoms with Crippen LogP contribution < -0.4 is 16.2 Å². The molecule has 0 amide bonds. The molecule has 1 aliphatic heterocycles. The van der Waals surface area contributed by atoms with E-state index in [1.165, 1.54) is 0 Å². The maximum Gasteiger partial charge on any atom is 0.171 e. The van der Waals surface area contributed by atoms with Crippen molar-refractivity contribution >= 4 is 11.6 Å². The molecule has 0 aromatic heterocycles. The lowest BCUT2D eigenvalue weighted by Gasteiger charge is -2.15. The largest absolute Gasteiger partial charge is 0.361 e. The Balaban J connectivity index is 2.32. The maximum absolute atomic E-state index is 5.48. The Labute approximate surface area is 46.7 Å². The number of hydrogen-bond acceptors (Lipinski definition) is 3. The second-order valence-electron chi connectivity index (χ2n) is 1.15. The van der Waals surface area contributed by atoms with Gasteiger partial charge in [0.15, 0.2) is 5.62 Å². The summed E-state index contributed by atoms with van der Waals surface area (Å²) in [5, 5.41) is 2.79. The zero-order valence-electron chi connectivity index (χ0n) is 3.61. The molecule has 1 aliphatic rings. The molecule has 0 saturated carbocycles. The van der Waals surface area contributed by atoms with Gasteiger partial charge in [0, 0.05) is 12.4 Å². The van der Waals surface area contributed by atoms with E-state index in [-0.39, 0.29) is 5.62 Å². The Morgan fingerprint density at radius 2 is 2.29 bits per heavy atom. The second kappa shape index (κ2) is 2.04. The van der Waals surface area contributed by atoms with E-state index in [2.05, 4.69) is 16.2 Å². The molecule has 0 aromatic rings. The first-order valence-electron chi connectivity index (χ1n) is 1.96. The summed E-state index contributed by atoms with van der Waals surface area (Å²) in [7, 11) is 0. The molecule has 1 unspecified atom stereocenters. The van der Waals surface area contributed by atoms with Gasteiger partial charge in [0.1, 0.15) is 0 Å². The lowest BCUT2D eigenvalue weighted by molar-refractivity contribution is 0.521. The van der Waals surface area contributed by atoms with Gasteiger partial charge >= 0.3 is 0 Å². The molecule has 0 aromatic carbocycles. The van der Waals surface area contributed by atoms with Crippen molar-refractivity contribution < 1.29 is 0 Å². The minimum atomic E-state index is -0.190. The summed E-state index contributed by atoms with van der Waals surface area (Å²) in [4.78, 5) is 0. The standard InChI is InChI=1S/C3H6ClN3/c4-3-5-1-2-6-7-3/h1-3,5-7H. The van der Waals surface area contributed by atoms with Crippen LogP contribution in [0.5, 0.6) is 0 Å². The average molecular weight is 120 g/mol. The molecule has 0 bridgehead atoms. The first-order valence-corrected chi connectivity index (χ1v) is 2.39. The minimum absolute atomic E-state index is 0.190. The first-order chi connectivity index (χ1) is 3.39. The van der Waals surface area contributed by atoms with Gasteiger partial charge in [-0.1, -0.05) is 11.6 Å². The van der Waals surface area contributed by atoms with Gasteiger partial charge in [0.05, 0.1) is 0 Å². The summed E-state index contributed by atoms with van der Waals surface area (Å²) in [6.07, 6.45) is 3.45. The summed E-state index contributed by atoms with van der Waals surface area (Å²) in [5.74, 6) is 0. The Morgan fingerprint density at radius 3 is 2.57 bits per heavy atom. The number of alkyl halides is 1. The van der Waals surface area contributed by atoms with Crippen LogP contribution in [0.25, 0.3) is 0 Å². The number of hydrogen-bond donors (Lipinski definition) is 3. The molecule has 1 heterocycles. The van der Waals surface area contributed by atoms with Gasteiger partial charge < -0.3 is 10.7 Å². The van der Waals surface area contributed by atoms with Crippen LogP contribution >= 0.6 is 11.6 Å². The number of hydrazine groups is 1. The molecule has 0 fully saturated rings. The molecule has 7 heavy (non-hydrogen) atoms. The normalized spacial score (nSPS) is 28.4. The van der Waals surface area contributed by atoms with E-state index < -0.39 is 0 Å². The Bertz CT molecular complexity index is 82.2. The van der Waals surface area contributed by atoms with Gasteiger partial charge in [-0.15, -0.1) is 0 Å². The lowest BCUT2D eigenvalue weighted by atomic mass is 10.8. The van der Waals surface area contributed by atoms with Crippen molar-refractivity contribution in [1.82, 2.24) is 16.2 Å². The van der Waals surface area contributed by atoms with E-state index in [1.807, 2.05) is 0 Å². The summed E-state index contributed by atoms with van der Waals surface area (Å²) >= 11 is 5.48. The molecular weight excluding hydrogens is 114 g/mol. The van der Waals surface area contributed by atoms with Crippen molar-refractivity contribution in [3.05, 3.63) is 12.4 Å². The molecule has 0 radical (unpaired) electrons. The minimum Gasteiger partial charge on any atom is -0.361 e. The quantitative estimate of drug-likeness (QED) is 0.302. The maximum atomic E-state index is 5.48. The highest BCUT2D eigenvalue weighted by molar-refractivity contribution is 6.20. The van der Waals surface area contributed by atoms with Crippen molar-refractivity contribution in [1.29, 1.82) is 0 Å². The van der Waals surface area contributed by atoms with Crippen LogP contribution in [0, 0.1) is 0 Å². The van der Waals surface area contributed by atoms with E-state index in [4.69, 9.17) is 11.6 Å². The van der Waals surface area contributed by atoms with Crippen molar-refractivity contribution in [3.8, 4) is 0 Å². The predicted molar refractivity (Wildman–Crippen MR) is 28.2 cm³/mol. The average Bonchev–Trinajstić information content (AvgIpc) is 1.69. The van der Waals surface area contributed by atoms with E-state index in [9.17, 15) is 0 Å². The molecule has 3 N–H and O–H groups in total. The molecule has 40 valence electrons. The smallest absolute Gasteiger partial charge is 0.171 e. The van der Waals surface area contributed by atoms with Crippen molar-refractivity contribution in [2.75, 3.05) is 0 Å². The molecule has 0 spiro atoms. The van der Waals surface area contributed by atoms with Gasteiger partial charge in [0.2, 0.25) is 0 Å². The van der Waals surface area contributed by atoms with Gasteiger partial charge in [-0.3, -0.25) is 0 Å². The highest BCUT2D eigenvalue weighted by Crippen LogP contribution is 1.84. The van der Waals surface area contributed by atoms with E-state index in [1.54, 1.807) is 12.4 Å². The van der Waals surface area contributed by atoms with Crippen LogP contribution in [-0.2, 0) is 0 Å². The summed E-state index contributed by atoms with van der Waals surface area (Å²) in [5.41, 5.74) is 5.22. The summed E-state index contributed by atoms with van der Waals surface area (Å²) < 4.78 is 0. The van der Waals surface area contributed by atoms with E-state index >= 15 is 0 Å². The fraction of sp³-hybridized carbons (Fsp3) is 0.333. The molecule has 4 heteroatoms. The Kier molecular flexibility index (Phi) is 1.38. The third-order valence-corrected chi connectivity index (χ3v) is 0.854. The van der Waals surface area contributed by atoms with Crippen LogP contribution in [0.2, 0.25) is 0 Å². The lowest BCUT2D eigenvalue weighted by Crippen LogP contribution is -2.45. The summed E-state index contributed by atoms with van der Waals surface area (Å²) in [6, 6.07) is 0. The van der Waals surface area contributed by atoms with Gasteiger partial charge in [0.25, 0.3) is 0 Å². The molecular formula is C3H6ClN3. The monoisotopic (exact) mass is 119 g/mol. The number of rotatable bonds is 0. The molecule has 0 aliphatic carbocycles. The van der Waals surface area contributed by atoms with Crippen LogP contribution in [0.1, 0.15) is 0 Å². The zero-order valence-corrected chi connectivity index (χ0v) is 4.37. The van der Waals surface area contributed by atoms with Crippen LogP contribution in [0.15, 0.2) is 12.4 Å². The third-order valence-electron chi connectivity index (χ3n) is 0.619. The Hall–Kier alpha value is -0.410. The number of nitrogens with one attached hydrogen (secondary N) is 3. The Morgan fingerprint density at radius 1 is 1.43 bits per heavy atom. The van der Waals surface area contributed by atoms with Gasteiger partial charge in [-0.2, -0.15) is 0 Å². The second-order valence-corrected chi connectivity index (χ2v) is 1.59. The van der Waals surface area contributed by atoms with E-state index in [0.29, 0.717) is 0 Å². The van der Waals surface area contributed by atoms with Gasteiger partial charge in [-0.25, -0.2) is 5.43 Å². The highest BCUT2D eigenvalue weighted by atomic mass is 35.5. The van der Waals surface area contributed by atoms with Crippen molar-refractivity contribution in [3.63, 3.8) is 0 Å². The third kappa shape index (κ3) is 1.25. The van der Waals surface area contributed by atoms with E-state index in [0.717, 1.165) is 0 Å². The molecule has 1 rings (SSSR count). The molecule has 3 nitrogen and oxygen atoms in total. The number of halogens is 1. The fourth-order valence-electron chi connectivity index (χ4n) is 0.337. The zero-order chi connectivity index (χ0) is 5.11. The molecule has 0 saturated heterocycles. The van der Waals surface area contributed by atoms with Crippen molar-refractivity contribution in [2.45, 2.75) is 5.62 Å². The topological polar surface area (TPSA) is 36.1 Å². The first kappa shape index (κ1) is 4.74. The van der Waals surface area contributed by atoms with Gasteiger partial charge in [-0.05, 0) is 0 Å². The molecule has 1 atom stereocenters. The van der Waals surface area contributed by atoms with Crippen molar-refractivity contribution in [2.24, 2.45) is 0 Å².